The molecule has 2 aromatic rings. The van der Waals surface area contributed by atoms with Gasteiger partial charge in [0.2, 0.25) is 0 Å². The molecule has 0 aromatic heterocycles. The van der Waals surface area contributed by atoms with Crippen LogP contribution < -0.4 is 20.1 Å². The maximum absolute atomic E-state index is 5.40. The monoisotopic (exact) mass is 327 g/mol. The molecule has 0 radical (unpaired) electrons. The van der Waals surface area contributed by atoms with Crippen molar-refractivity contribution in [2.24, 2.45) is 0 Å². The topological polar surface area (TPSA) is 42.5 Å². The average Bonchev–Trinajstić information content (AvgIpc) is 2.52. The van der Waals surface area contributed by atoms with E-state index in [4.69, 9.17) is 21.7 Å². The van der Waals surface area contributed by atoms with Crippen molar-refractivity contribution in [2.45, 2.75) is 13.8 Å². The second-order valence-corrected chi connectivity index (χ2v) is 4.90. The maximum atomic E-state index is 5.40. The summed E-state index contributed by atoms with van der Waals surface area (Å²) >= 11 is 5.30. The minimum absolute atomic E-state index is 0. The third-order valence-electron chi connectivity index (χ3n) is 2.85. The molecule has 0 amide bonds. The quantitative estimate of drug-likeness (QED) is 0.629. The van der Waals surface area contributed by atoms with Crippen LogP contribution in [0.1, 0.15) is 13.8 Å². The molecular weight excluding hydrogens is 305 g/mol. The van der Waals surface area contributed by atoms with E-state index in [2.05, 4.69) is 10.6 Å². The van der Waals surface area contributed by atoms with Gasteiger partial charge < -0.3 is 20.1 Å². The zero-order chi connectivity index (χ0) is 15.8. The van der Waals surface area contributed by atoms with Gasteiger partial charge in [0, 0.05) is 11.4 Å². The van der Waals surface area contributed by atoms with Gasteiger partial charge in [-0.2, -0.15) is 0 Å². The van der Waals surface area contributed by atoms with E-state index < -0.39 is 0 Å². The Hall–Kier alpha value is -2.10. The van der Waals surface area contributed by atoms with Crippen LogP contribution in [0.3, 0.4) is 0 Å². The first-order chi connectivity index (χ1) is 10.7. The van der Waals surface area contributed by atoms with Crippen molar-refractivity contribution in [2.75, 3.05) is 23.8 Å². The Morgan fingerprint density at radius 2 is 1.13 bits per heavy atom. The molecule has 0 saturated carbocycles. The van der Waals surface area contributed by atoms with Crippen molar-refractivity contribution in [1.29, 1.82) is 0 Å². The Bertz CT molecular complexity index is 549. The molecule has 0 spiro atoms. The molecule has 2 aromatic carbocycles. The van der Waals surface area contributed by atoms with Crippen LogP contribution in [-0.2, 0) is 0 Å². The molecule has 23 heavy (non-hydrogen) atoms. The van der Waals surface area contributed by atoms with Crippen LogP contribution in [-0.4, -0.2) is 28.4 Å². The number of hydrogen-bond acceptors (Lipinski definition) is 3. The van der Waals surface area contributed by atoms with Crippen molar-refractivity contribution in [3.63, 3.8) is 0 Å². The van der Waals surface area contributed by atoms with Crippen LogP contribution in [0.15, 0.2) is 48.5 Å². The molecule has 0 unspecified atom stereocenters. The summed E-state index contributed by atoms with van der Waals surface area (Å²) in [4.78, 5) is 0. The summed E-state index contributed by atoms with van der Waals surface area (Å²) in [5, 5.41) is 6.80. The van der Waals surface area contributed by atoms with E-state index in [9.17, 15) is 0 Å². The Morgan fingerprint density at radius 1 is 0.783 bits per heavy atom. The van der Waals surface area contributed by atoms with Gasteiger partial charge in [-0.1, -0.05) is 0 Å². The number of nitrogens with one attached hydrogen (secondary N) is 2. The van der Waals surface area contributed by atoms with Gasteiger partial charge in [-0.15, -0.1) is 0 Å². The summed E-state index contributed by atoms with van der Waals surface area (Å²) in [7, 11) is 0. The van der Waals surface area contributed by atoms with E-state index in [-0.39, 0.29) is 10.1 Å². The molecule has 6 heteroatoms. The van der Waals surface area contributed by atoms with Crippen molar-refractivity contribution >= 4 is 38.8 Å². The Labute approximate surface area is 146 Å². The molecule has 4 nitrogen and oxygen atoms in total. The molecule has 0 aliphatic carbocycles. The molecule has 120 valence electrons. The molecule has 2 rings (SSSR count). The molecule has 0 aliphatic rings. The Morgan fingerprint density at radius 3 is 1.43 bits per heavy atom. The van der Waals surface area contributed by atoms with E-state index in [1.165, 1.54) is 0 Å². The van der Waals surface area contributed by atoms with Gasteiger partial charge in [-0.05, 0) is 74.6 Å². The number of hydrogen-bond donors (Lipinski definition) is 2. The van der Waals surface area contributed by atoms with Gasteiger partial charge in [0.1, 0.15) is 11.5 Å². The first-order valence-electron chi connectivity index (χ1n) is 7.25. The van der Waals surface area contributed by atoms with Gasteiger partial charge >= 0.3 is 10.1 Å². The van der Waals surface area contributed by atoms with E-state index in [0.29, 0.717) is 18.3 Å². The molecule has 0 heterocycles. The summed E-state index contributed by atoms with van der Waals surface area (Å²) in [5.41, 5.74) is 1.82. The average molecular weight is 327 g/mol. The number of thiocarbonyl (C=S) groups is 1. The molecule has 0 atom stereocenters. The van der Waals surface area contributed by atoms with Crippen LogP contribution in [0.25, 0.3) is 0 Å². The molecule has 0 bridgehead atoms. The van der Waals surface area contributed by atoms with Crippen LogP contribution in [0.2, 0.25) is 0 Å². The first kappa shape index (κ1) is 18.9. The van der Waals surface area contributed by atoms with Gasteiger partial charge in [0.05, 0.1) is 13.2 Å². The third kappa shape index (κ3) is 6.27. The number of benzene rings is 2. The predicted octanol–water partition coefficient (Wildman–Crippen LogP) is 3.38. The van der Waals surface area contributed by atoms with Gasteiger partial charge in [-0.25, -0.2) is 0 Å². The van der Waals surface area contributed by atoms with E-state index in [0.717, 1.165) is 22.9 Å². The Balaban J connectivity index is 0.00000264. The van der Waals surface area contributed by atoms with Crippen molar-refractivity contribution < 1.29 is 9.47 Å². The number of rotatable bonds is 6. The summed E-state index contributed by atoms with van der Waals surface area (Å²) in [5.74, 6) is 1.69. The zero-order valence-electron chi connectivity index (χ0n) is 12.8. The fourth-order valence-electron chi connectivity index (χ4n) is 1.90. The van der Waals surface area contributed by atoms with E-state index in [1.807, 2.05) is 62.4 Å². The van der Waals surface area contributed by atoms with Gasteiger partial charge in [0.25, 0.3) is 0 Å². The number of ether oxygens (including phenoxy) is 2. The van der Waals surface area contributed by atoms with Crippen molar-refractivity contribution in [3.05, 3.63) is 48.5 Å². The molecule has 0 aliphatic heterocycles. The van der Waals surface area contributed by atoms with Crippen LogP contribution in [0, 0.1) is 0 Å². The summed E-state index contributed by atoms with van der Waals surface area (Å²) < 4.78 is 10.8. The summed E-state index contributed by atoms with van der Waals surface area (Å²) in [6, 6.07) is 15.3. The normalized spacial score (nSPS) is 9.48. The third-order valence-corrected chi connectivity index (χ3v) is 3.05. The van der Waals surface area contributed by atoms with Gasteiger partial charge in [0.15, 0.2) is 5.11 Å². The van der Waals surface area contributed by atoms with Crippen molar-refractivity contribution in [3.8, 4) is 11.5 Å². The first-order valence-corrected chi connectivity index (χ1v) is 7.65. The predicted molar refractivity (Wildman–Crippen MR) is 104 cm³/mol. The number of anilines is 2. The van der Waals surface area contributed by atoms with Crippen LogP contribution >= 0.6 is 12.2 Å². The van der Waals surface area contributed by atoms with Crippen molar-refractivity contribution in [1.82, 2.24) is 0 Å². The second kappa shape index (κ2) is 9.82. The Kier molecular flexibility index (Phi) is 8.09. The standard InChI is InChI=1S/C17H20N2O2S.Be.2H/c1-3-20-15-9-5-13(6-10-15)18-17(22)19-14-7-11-16(12-8-14)21-4-2;;;/h5-12H,3-4H2,1-2H3,(H2,18,19,22);;;. The van der Waals surface area contributed by atoms with E-state index >= 15 is 0 Å². The second-order valence-electron chi connectivity index (χ2n) is 4.49. The molecule has 0 fully saturated rings. The van der Waals surface area contributed by atoms with Crippen LogP contribution in [0.4, 0.5) is 11.4 Å². The fourth-order valence-corrected chi connectivity index (χ4v) is 2.13. The molecular formula is C17H22BeN2O2S. The minimum atomic E-state index is 0. The summed E-state index contributed by atoms with van der Waals surface area (Å²) in [6.45, 7) is 5.24. The van der Waals surface area contributed by atoms with Gasteiger partial charge in [-0.3, -0.25) is 0 Å². The molecule has 0 saturated heterocycles. The van der Waals surface area contributed by atoms with E-state index in [1.54, 1.807) is 0 Å². The SMILES string of the molecule is CCOc1ccc(NC(=S)Nc2ccc(OCC)cc2)cc1.[BeH2]. The molecule has 2 N–H and O–H groups in total. The van der Waals surface area contributed by atoms with Crippen LogP contribution in [0.5, 0.6) is 11.5 Å². The zero-order valence-corrected chi connectivity index (χ0v) is 13.6. The summed E-state index contributed by atoms with van der Waals surface area (Å²) in [6.07, 6.45) is 0. The fraction of sp³-hybridized carbons (Fsp3) is 0.235.